The van der Waals surface area contributed by atoms with E-state index in [2.05, 4.69) is 10.6 Å². The van der Waals surface area contributed by atoms with Crippen molar-refractivity contribution in [3.8, 4) is 0 Å². The van der Waals surface area contributed by atoms with E-state index in [1.165, 1.54) is 0 Å². The van der Waals surface area contributed by atoms with Crippen LogP contribution in [0.1, 0.15) is 66.4 Å². The third-order valence-corrected chi connectivity index (χ3v) is 4.24. The Balaban J connectivity index is 3.00. The third-order valence-electron chi connectivity index (χ3n) is 4.24. The number of ether oxygens (including phenoxy) is 2. The van der Waals surface area contributed by atoms with E-state index in [1.807, 2.05) is 30.3 Å². The van der Waals surface area contributed by atoms with Gasteiger partial charge in [-0.3, -0.25) is 4.79 Å². The molecule has 0 bridgehead atoms. The summed E-state index contributed by atoms with van der Waals surface area (Å²) in [4.78, 5) is 38.2. The lowest BCUT2D eigenvalue weighted by atomic mass is 10.0. The number of unbranched alkanes of at least 4 members (excludes halogenated alkanes) is 1. The molecular weight excluding hydrogens is 410 g/mol. The summed E-state index contributed by atoms with van der Waals surface area (Å²) >= 11 is 0. The molecule has 0 spiro atoms. The second kappa shape index (κ2) is 12.4. The van der Waals surface area contributed by atoms with Gasteiger partial charge in [-0.2, -0.15) is 0 Å². The molecule has 180 valence electrons. The van der Waals surface area contributed by atoms with Gasteiger partial charge in [0.05, 0.1) is 0 Å². The summed E-state index contributed by atoms with van der Waals surface area (Å²) in [6, 6.07) is 7.55. The summed E-state index contributed by atoms with van der Waals surface area (Å²) in [5.41, 5.74) is 5.03. The van der Waals surface area contributed by atoms with Gasteiger partial charge in [-0.25, -0.2) is 9.59 Å². The Morgan fingerprint density at radius 1 is 0.875 bits per heavy atom. The predicted octanol–water partition coefficient (Wildman–Crippen LogP) is 3.08. The number of nitrogens with one attached hydrogen (secondary N) is 2. The van der Waals surface area contributed by atoms with Gasteiger partial charge in [0.25, 0.3) is 0 Å². The maximum Gasteiger partial charge on any atom is 0.408 e. The van der Waals surface area contributed by atoms with Gasteiger partial charge in [-0.15, -0.1) is 0 Å². The van der Waals surface area contributed by atoms with Gasteiger partial charge >= 0.3 is 12.1 Å². The van der Waals surface area contributed by atoms with Crippen molar-refractivity contribution in [1.29, 1.82) is 0 Å². The van der Waals surface area contributed by atoms with Crippen molar-refractivity contribution < 1.29 is 23.9 Å². The maximum atomic E-state index is 13.1. The zero-order chi connectivity index (χ0) is 24.4. The lowest BCUT2D eigenvalue weighted by molar-refractivity contribution is -0.159. The minimum absolute atomic E-state index is 0.246. The Bertz CT molecular complexity index is 738. The van der Waals surface area contributed by atoms with Crippen LogP contribution in [0.25, 0.3) is 0 Å². The van der Waals surface area contributed by atoms with Crippen LogP contribution in [0.4, 0.5) is 4.79 Å². The van der Waals surface area contributed by atoms with Crippen LogP contribution in [0, 0.1) is 0 Å². The quantitative estimate of drug-likeness (QED) is 0.373. The smallest absolute Gasteiger partial charge is 0.408 e. The molecule has 0 heterocycles. The van der Waals surface area contributed by atoms with Crippen LogP contribution in [0.15, 0.2) is 30.3 Å². The summed E-state index contributed by atoms with van der Waals surface area (Å²) in [6.45, 7) is 11.0. The molecule has 1 aromatic carbocycles. The van der Waals surface area contributed by atoms with Crippen LogP contribution in [-0.4, -0.2) is 47.8 Å². The average molecular weight is 450 g/mol. The van der Waals surface area contributed by atoms with E-state index >= 15 is 0 Å². The number of carbonyl (C=O) groups is 3. The van der Waals surface area contributed by atoms with Crippen LogP contribution >= 0.6 is 0 Å². The molecule has 0 radical (unpaired) electrons. The van der Waals surface area contributed by atoms with Crippen LogP contribution in [0.2, 0.25) is 0 Å². The molecule has 0 aromatic heterocycles. The minimum Gasteiger partial charge on any atom is -0.458 e. The van der Waals surface area contributed by atoms with E-state index < -0.39 is 41.3 Å². The molecule has 8 nitrogen and oxygen atoms in total. The van der Waals surface area contributed by atoms with E-state index in [9.17, 15) is 14.4 Å². The van der Waals surface area contributed by atoms with Gasteiger partial charge in [0.2, 0.25) is 5.91 Å². The van der Waals surface area contributed by atoms with Crippen molar-refractivity contribution in [2.75, 3.05) is 6.54 Å². The number of rotatable bonds is 10. The summed E-state index contributed by atoms with van der Waals surface area (Å²) in [7, 11) is 0. The molecule has 2 amide bonds. The fourth-order valence-corrected chi connectivity index (χ4v) is 2.90. The van der Waals surface area contributed by atoms with Crippen molar-refractivity contribution in [3.63, 3.8) is 0 Å². The number of hydrogen-bond donors (Lipinski definition) is 3. The number of carbonyl (C=O) groups excluding carboxylic acids is 3. The highest BCUT2D eigenvalue weighted by Gasteiger charge is 2.30. The van der Waals surface area contributed by atoms with Crippen molar-refractivity contribution in [2.45, 2.75) is 90.5 Å². The van der Waals surface area contributed by atoms with Crippen molar-refractivity contribution in [3.05, 3.63) is 35.9 Å². The zero-order valence-electron chi connectivity index (χ0n) is 20.2. The first-order valence-electron chi connectivity index (χ1n) is 11.1. The molecular formula is C24H39N3O5. The molecule has 0 unspecified atom stereocenters. The lowest BCUT2D eigenvalue weighted by Crippen LogP contribution is -2.54. The fourth-order valence-electron chi connectivity index (χ4n) is 2.90. The highest BCUT2D eigenvalue weighted by Crippen LogP contribution is 2.13. The summed E-state index contributed by atoms with van der Waals surface area (Å²) in [5, 5.41) is 5.40. The van der Waals surface area contributed by atoms with Gasteiger partial charge in [0.15, 0.2) is 0 Å². The summed E-state index contributed by atoms with van der Waals surface area (Å²) < 4.78 is 10.8. The molecule has 0 saturated carbocycles. The van der Waals surface area contributed by atoms with E-state index in [0.717, 1.165) is 12.0 Å². The molecule has 8 heteroatoms. The number of nitrogens with two attached hydrogens (primary N) is 1. The molecule has 2 atom stereocenters. The number of hydrogen-bond acceptors (Lipinski definition) is 6. The lowest BCUT2D eigenvalue weighted by Gasteiger charge is -2.27. The Hall–Kier alpha value is -2.61. The third kappa shape index (κ3) is 11.7. The van der Waals surface area contributed by atoms with Gasteiger partial charge in [0.1, 0.15) is 23.3 Å². The molecule has 0 fully saturated rings. The second-order valence-corrected chi connectivity index (χ2v) is 9.77. The zero-order valence-corrected chi connectivity index (χ0v) is 20.2. The molecule has 0 aliphatic rings. The van der Waals surface area contributed by atoms with Crippen LogP contribution in [-0.2, 0) is 25.5 Å². The maximum absolute atomic E-state index is 13.1. The fraction of sp³-hybridized carbons (Fsp3) is 0.625. The highest BCUT2D eigenvalue weighted by molar-refractivity contribution is 5.90. The van der Waals surface area contributed by atoms with E-state index in [1.54, 1.807) is 41.5 Å². The van der Waals surface area contributed by atoms with Crippen LogP contribution < -0.4 is 16.4 Å². The first-order valence-corrected chi connectivity index (χ1v) is 11.1. The van der Waals surface area contributed by atoms with Gasteiger partial charge in [0, 0.05) is 6.42 Å². The molecule has 0 aliphatic heterocycles. The molecule has 4 N–H and O–H groups in total. The van der Waals surface area contributed by atoms with E-state index in [0.29, 0.717) is 19.4 Å². The molecule has 32 heavy (non-hydrogen) atoms. The van der Waals surface area contributed by atoms with Crippen LogP contribution in [0.5, 0.6) is 0 Å². The molecule has 1 rings (SSSR count). The van der Waals surface area contributed by atoms with Crippen molar-refractivity contribution >= 4 is 18.0 Å². The largest absolute Gasteiger partial charge is 0.458 e. The van der Waals surface area contributed by atoms with Gasteiger partial charge < -0.3 is 25.8 Å². The van der Waals surface area contributed by atoms with Gasteiger partial charge in [-0.05, 0) is 72.9 Å². The minimum atomic E-state index is -0.924. The molecule has 0 aliphatic carbocycles. The highest BCUT2D eigenvalue weighted by atomic mass is 16.6. The number of benzene rings is 1. The summed E-state index contributed by atoms with van der Waals surface area (Å²) in [5.74, 6) is -0.998. The molecule has 1 aromatic rings. The molecule has 0 saturated heterocycles. The predicted molar refractivity (Wildman–Crippen MR) is 124 cm³/mol. The number of esters is 1. The normalized spacial score (nSPS) is 13.6. The van der Waals surface area contributed by atoms with E-state index in [4.69, 9.17) is 15.2 Å². The van der Waals surface area contributed by atoms with Crippen molar-refractivity contribution in [2.24, 2.45) is 5.73 Å². The average Bonchev–Trinajstić information content (AvgIpc) is 2.64. The Morgan fingerprint density at radius 3 is 2.00 bits per heavy atom. The number of amides is 2. The number of alkyl carbamates (subject to hydrolysis) is 1. The van der Waals surface area contributed by atoms with E-state index in [-0.39, 0.29) is 6.42 Å². The Labute approximate surface area is 191 Å². The monoisotopic (exact) mass is 449 g/mol. The topological polar surface area (TPSA) is 120 Å². The van der Waals surface area contributed by atoms with Gasteiger partial charge in [-0.1, -0.05) is 30.3 Å². The Morgan fingerprint density at radius 2 is 1.47 bits per heavy atom. The first-order chi connectivity index (χ1) is 14.8. The first kappa shape index (κ1) is 27.4. The SMILES string of the molecule is CC(C)(C)OC(=O)N[C@@H](Cc1ccccc1)C(=O)N[C@@H](CCCCN)C(=O)OC(C)(C)C. The summed E-state index contributed by atoms with van der Waals surface area (Å²) in [6.07, 6.45) is 1.31. The Kier molecular flexibility index (Phi) is 10.7. The van der Waals surface area contributed by atoms with Crippen LogP contribution in [0.3, 0.4) is 0 Å². The van der Waals surface area contributed by atoms with Crippen molar-refractivity contribution in [1.82, 2.24) is 10.6 Å². The second-order valence-electron chi connectivity index (χ2n) is 9.77. The standard InChI is InChI=1S/C24H39N3O5/c1-23(2,3)31-21(29)18(14-10-11-15-25)26-20(28)19(16-17-12-8-7-9-13-17)27-22(30)32-24(4,5)6/h7-9,12-13,18-19H,10-11,14-16,25H2,1-6H3,(H,26,28)(H,27,30)/t18-,19-/m0/s1.